The van der Waals surface area contributed by atoms with E-state index in [0.29, 0.717) is 19.0 Å². The number of hydrogen-bond donors (Lipinski definition) is 3. The van der Waals surface area contributed by atoms with E-state index in [0.717, 1.165) is 12.1 Å². The van der Waals surface area contributed by atoms with E-state index in [1.54, 1.807) is 17.8 Å². The summed E-state index contributed by atoms with van der Waals surface area (Å²) in [5.41, 5.74) is 3.30. The van der Waals surface area contributed by atoms with Crippen LogP contribution in [0.5, 0.6) is 0 Å². The van der Waals surface area contributed by atoms with Crippen molar-refractivity contribution in [2.24, 2.45) is 12.0 Å². The minimum atomic E-state index is -1.03. The Morgan fingerprint density at radius 2 is 2.07 bits per heavy atom. The molecule has 0 aliphatic carbocycles. The Bertz CT molecular complexity index is 779. The summed E-state index contributed by atoms with van der Waals surface area (Å²) in [5, 5.41) is 21.3. The molecule has 0 fully saturated rings. The van der Waals surface area contributed by atoms with E-state index in [9.17, 15) is 5.11 Å². The van der Waals surface area contributed by atoms with Crippen LogP contribution in [0.4, 0.5) is 5.69 Å². The third-order valence-corrected chi connectivity index (χ3v) is 4.52. The van der Waals surface area contributed by atoms with Gasteiger partial charge >= 0.3 is 0 Å². The summed E-state index contributed by atoms with van der Waals surface area (Å²) in [4.78, 5) is 6.76. The van der Waals surface area contributed by atoms with Crippen molar-refractivity contribution in [1.29, 1.82) is 0 Å². The molecule has 3 N–H and O–H groups in total. The van der Waals surface area contributed by atoms with Crippen LogP contribution in [-0.4, -0.2) is 48.0 Å². The van der Waals surface area contributed by atoms with E-state index < -0.39 is 5.60 Å². The van der Waals surface area contributed by atoms with Crippen molar-refractivity contribution < 1.29 is 5.11 Å². The van der Waals surface area contributed by atoms with Gasteiger partial charge in [-0.3, -0.25) is 4.68 Å². The highest BCUT2D eigenvalue weighted by Gasteiger charge is 2.25. The standard InChI is InChI=1S/C20H32N6O/c1-7-21-19(23-14-20(3,27)17-12-24-26(6)13-17)22-11-16-8-9-18(25(4)5)10-15(16)2/h8-10,12-13,27H,7,11,14H2,1-6H3,(H2,21,22,23). The lowest BCUT2D eigenvalue weighted by molar-refractivity contribution is 0.0616. The Balaban J connectivity index is 2.06. The molecule has 0 aliphatic heterocycles. The lowest BCUT2D eigenvalue weighted by Gasteiger charge is -2.23. The second-order valence-corrected chi connectivity index (χ2v) is 7.23. The van der Waals surface area contributed by atoms with Crippen molar-refractivity contribution in [2.45, 2.75) is 32.9 Å². The minimum absolute atomic E-state index is 0.336. The predicted octanol–water partition coefficient (Wildman–Crippen LogP) is 1.76. The lowest BCUT2D eigenvalue weighted by atomic mass is 10.00. The SMILES string of the molecule is CCNC(=NCc1ccc(N(C)C)cc1C)NCC(C)(O)c1cnn(C)c1. The summed E-state index contributed by atoms with van der Waals surface area (Å²) in [5.74, 6) is 0.678. The molecule has 2 rings (SSSR count). The van der Waals surface area contributed by atoms with Crippen LogP contribution in [0.3, 0.4) is 0 Å². The number of nitrogens with zero attached hydrogens (tertiary/aromatic N) is 4. The van der Waals surface area contributed by atoms with Crippen molar-refractivity contribution in [3.05, 3.63) is 47.3 Å². The van der Waals surface area contributed by atoms with Gasteiger partial charge in [-0.15, -0.1) is 0 Å². The predicted molar refractivity (Wildman–Crippen MR) is 111 cm³/mol. The van der Waals surface area contributed by atoms with Crippen LogP contribution < -0.4 is 15.5 Å². The minimum Gasteiger partial charge on any atom is -0.383 e. The lowest BCUT2D eigenvalue weighted by Crippen LogP contribution is -2.44. The Labute approximate surface area is 162 Å². The highest BCUT2D eigenvalue weighted by atomic mass is 16.3. The Morgan fingerprint density at radius 1 is 1.33 bits per heavy atom. The Hall–Kier alpha value is -2.54. The summed E-state index contributed by atoms with van der Waals surface area (Å²) < 4.78 is 1.68. The van der Waals surface area contributed by atoms with Gasteiger partial charge in [-0.2, -0.15) is 5.10 Å². The smallest absolute Gasteiger partial charge is 0.191 e. The molecule has 7 nitrogen and oxygen atoms in total. The molecule has 1 atom stereocenters. The molecule has 0 amide bonds. The molecule has 1 aromatic heterocycles. The summed E-state index contributed by atoms with van der Waals surface area (Å²) in [6, 6.07) is 6.38. The fraction of sp³-hybridized carbons (Fsp3) is 0.500. The van der Waals surface area contributed by atoms with Gasteiger partial charge in [0.1, 0.15) is 5.60 Å². The second kappa shape index (κ2) is 8.90. The van der Waals surface area contributed by atoms with Crippen molar-refractivity contribution in [1.82, 2.24) is 20.4 Å². The van der Waals surface area contributed by atoms with E-state index >= 15 is 0 Å². The van der Waals surface area contributed by atoms with Gasteiger partial charge in [0.25, 0.3) is 0 Å². The first kappa shape index (κ1) is 20.8. The number of aromatic nitrogens is 2. The molecular weight excluding hydrogens is 340 g/mol. The van der Waals surface area contributed by atoms with E-state index in [2.05, 4.69) is 50.7 Å². The molecule has 1 aromatic carbocycles. The topological polar surface area (TPSA) is 77.7 Å². The zero-order valence-corrected chi connectivity index (χ0v) is 17.2. The summed E-state index contributed by atoms with van der Waals surface area (Å²) in [7, 11) is 5.91. The molecule has 0 aliphatic rings. The number of aliphatic imine (C=N–C) groups is 1. The molecule has 2 aromatic rings. The third-order valence-electron chi connectivity index (χ3n) is 4.52. The molecule has 1 heterocycles. The molecule has 148 valence electrons. The van der Waals surface area contributed by atoms with Crippen LogP contribution in [-0.2, 0) is 19.2 Å². The number of anilines is 1. The molecular formula is C20H32N6O. The molecule has 1 unspecified atom stereocenters. The van der Waals surface area contributed by atoms with Crippen molar-refractivity contribution in [2.75, 3.05) is 32.1 Å². The molecule has 0 bridgehead atoms. The number of aryl methyl sites for hydroxylation is 2. The van der Waals surface area contributed by atoms with Gasteiger partial charge in [-0.05, 0) is 44.0 Å². The van der Waals surface area contributed by atoms with E-state index in [4.69, 9.17) is 0 Å². The first-order chi connectivity index (χ1) is 12.7. The van der Waals surface area contributed by atoms with Gasteiger partial charge < -0.3 is 20.6 Å². The average Bonchev–Trinajstić information content (AvgIpc) is 3.05. The van der Waals surface area contributed by atoms with Gasteiger partial charge in [0.2, 0.25) is 0 Å². The molecule has 0 saturated heterocycles. The van der Waals surface area contributed by atoms with Crippen LogP contribution in [0, 0.1) is 6.92 Å². The summed E-state index contributed by atoms with van der Waals surface area (Å²) >= 11 is 0. The highest BCUT2D eigenvalue weighted by molar-refractivity contribution is 5.79. The average molecular weight is 373 g/mol. The van der Waals surface area contributed by atoms with Gasteiger partial charge in [0.05, 0.1) is 19.3 Å². The monoisotopic (exact) mass is 372 g/mol. The van der Waals surface area contributed by atoms with Crippen molar-refractivity contribution in [3.63, 3.8) is 0 Å². The fourth-order valence-electron chi connectivity index (χ4n) is 2.70. The van der Waals surface area contributed by atoms with Crippen LogP contribution in [0.15, 0.2) is 35.6 Å². The number of aliphatic hydroxyl groups is 1. The zero-order chi connectivity index (χ0) is 20.0. The van der Waals surface area contributed by atoms with E-state index in [1.807, 2.05) is 34.3 Å². The number of rotatable bonds is 7. The number of hydrogen-bond acceptors (Lipinski definition) is 4. The first-order valence-electron chi connectivity index (χ1n) is 9.23. The van der Waals surface area contributed by atoms with Crippen LogP contribution in [0.25, 0.3) is 0 Å². The quantitative estimate of drug-likeness (QED) is 0.510. The number of nitrogens with one attached hydrogen (secondary N) is 2. The van der Waals surface area contributed by atoms with Crippen LogP contribution in [0.1, 0.15) is 30.5 Å². The summed E-state index contributed by atoms with van der Waals surface area (Å²) in [6.07, 6.45) is 3.50. The van der Waals surface area contributed by atoms with Gasteiger partial charge in [0.15, 0.2) is 5.96 Å². The van der Waals surface area contributed by atoms with Crippen LogP contribution >= 0.6 is 0 Å². The van der Waals surface area contributed by atoms with E-state index in [1.165, 1.54) is 16.8 Å². The molecule has 0 radical (unpaired) electrons. The van der Waals surface area contributed by atoms with Gasteiger partial charge in [0, 0.05) is 45.1 Å². The van der Waals surface area contributed by atoms with E-state index in [-0.39, 0.29) is 0 Å². The molecule has 27 heavy (non-hydrogen) atoms. The Kier molecular flexibility index (Phi) is 6.85. The maximum atomic E-state index is 10.7. The van der Waals surface area contributed by atoms with Crippen molar-refractivity contribution >= 4 is 11.6 Å². The molecule has 0 spiro atoms. The summed E-state index contributed by atoms with van der Waals surface area (Å²) in [6.45, 7) is 7.55. The molecule has 7 heteroatoms. The molecule has 0 saturated carbocycles. The maximum absolute atomic E-state index is 10.7. The maximum Gasteiger partial charge on any atom is 0.191 e. The Morgan fingerprint density at radius 3 is 2.63 bits per heavy atom. The second-order valence-electron chi connectivity index (χ2n) is 7.23. The third kappa shape index (κ3) is 5.72. The zero-order valence-electron chi connectivity index (χ0n) is 17.2. The number of benzene rings is 1. The number of guanidine groups is 1. The van der Waals surface area contributed by atoms with Crippen LogP contribution in [0.2, 0.25) is 0 Å². The van der Waals surface area contributed by atoms with Gasteiger partial charge in [-0.1, -0.05) is 6.07 Å². The fourth-order valence-corrected chi connectivity index (χ4v) is 2.70. The highest BCUT2D eigenvalue weighted by Crippen LogP contribution is 2.19. The normalized spacial score (nSPS) is 14.0. The van der Waals surface area contributed by atoms with Crippen molar-refractivity contribution in [3.8, 4) is 0 Å². The van der Waals surface area contributed by atoms with Gasteiger partial charge in [-0.25, -0.2) is 4.99 Å². The largest absolute Gasteiger partial charge is 0.383 e. The first-order valence-corrected chi connectivity index (χ1v) is 9.23.